The molecule has 1 unspecified atom stereocenters. The summed E-state index contributed by atoms with van der Waals surface area (Å²) < 4.78 is 4.43. The van der Waals surface area contributed by atoms with Crippen LogP contribution in [0.5, 0.6) is 5.95 Å². The summed E-state index contributed by atoms with van der Waals surface area (Å²) in [4.78, 5) is 0. The molecule has 0 aliphatic carbocycles. The summed E-state index contributed by atoms with van der Waals surface area (Å²) in [7, 11) is 0. The molecule has 58 valence electrons. The number of rotatable bonds is 2. The van der Waals surface area contributed by atoms with Crippen LogP contribution >= 0.6 is 0 Å². The van der Waals surface area contributed by atoms with Crippen LogP contribution in [-0.2, 0) is 0 Å². The van der Waals surface area contributed by atoms with E-state index in [1.165, 1.54) is 6.20 Å². The maximum Gasteiger partial charge on any atom is 0.312 e. The van der Waals surface area contributed by atoms with E-state index >= 15 is 0 Å². The van der Waals surface area contributed by atoms with Crippen molar-refractivity contribution in [3.05, 3.63) is 11.8 Å². The molecule has 1 atom stereocenters. The molecule has 0 aliphatic heterocycles. The highest BCUT2D eigenvalue weighted by molar-refractivity contribution is 5.22. The topological polar surface area (TPSA) is 70.0 Å². The first-order valence-electron chi connectivity index (χ1n) is 3.26. The molecule has 0 saturated heterocycles. The molecule has 4 heteroatoms. The molecule has 0 aliphatic rings. The first-order chi connectivity index (χ1) is 5.25. The normalized spacial score (nSPS) is 12.4. The summed E-state index contributed by atoms with van der Waals surface area (Å²) >= 11 is 0. The van der Waals surface area contributed by atoms with Gasteiger partial charge in [-0.2, -0.15) is 5.26 Å². The Morgan fingerprint density at radius 1 is 1.91 bits per heavy atom. The average molecular weight is 152 g/mol. The highest BCUT2D eigenvalue weighted by atomic mass is 16.5. The molecule has 1 N–H and O–H groups in total. The smallest absolute Gasteiger partial charge is 0.312 e. The highest BCUT2D eigenvalue weighted by Crippen LogP contribution is 2.26. The fourth-order valence-electron chi connectivity index (χ4n) is 0.826. The predicted octanol–water partition coefficient (Wildman–Crippen LogP) is 1.40. The quantitative estimate of drug-likeness (QED) is 0.695. The number of nitriles is 1. The van der Waals surface area contributed by atoms with Crippen LogP contribution in [0, 0.1) is 11.3 Å². The summed E-state index contributed by atoms with van der Waals surface area (Å²) in [5, 5.41) is 20.7. The first kappa shape index (κ1) is 7.61. The zero-order valence-electron chi connectivity index (χ0n) is 6.11. The van der Waals surface area contributed by atoms with Gasteiger partial charge in [-0.3, -0.25) is 0 Å². The van der Waals surface area contributed by atoms with E-state index in [1.54, 1.807) is 0 Å². The third kappa shape index (κ3) is 1.49. The van der Waals surface area contributed by atoms with Crippen LogP contribution in [0.1, 0.15) is 24.8 Å². The Balaban J connectivity index is 2.77. The molecule has 0 aromatic carbocycles. The van der Waals surface area contributed by atoms with Crippen molar-refractivity contribution in [2.75, 3.05) is 0 Å². The van der Waals surface area contributed by atoms with E-state index < -0.39 is 0 Å². The Morgan fingerprint density at radius 2 is 2.64 bits per heavy atom. The maximum absolute atomic E-state index is 9.01. The van der Waals surface area contributed by atoms with Gasteiger partial charge in [-0.05, 0) is 0 Å². The standard InChI is InChI=1S/C7H8N2O2/c1-5(2-3-8)6-4-9-11-7(6)10/h4-5,10H,2H2,1H3. The van der Waals surface area contributed by atoms with Crippen LogP contribution in [0.15, 0.2) is 10.7 Å². The largest absolute Gasteiger partial charge is 0.479 e. The second kappa shape index (κ2) is 3.06. The van der Waals surface area contributed by atoms with Gasteiger partial charge in [0, 0.05) is 12.3 Å². The molecule has 4 nitrogen and oxygen atoms in total. The van der Waals surface area contributed by atoms with Gasteiger partial charge in [-0.1, -0.05) is 12.1 Å². The van der Waals surface area contributed by atoms with E-state index in [0.717, 1.165) is 0 Å². The van der Waals surface area contributed by atoms with Crippen molar-refractivity contribution >= 4 is 0 Å². The third-order valence-corrected chi connectivity index (χ3v) is 1.51. The van der Waals surface area contributed by atoms with Gasteiger partial charge in [0.1, 0.15) is 0 Å². The molecular weight excluding hydrogens is 144 g/mol. The molecule has 0 bridgehead atoms. The van der Waals surface area contributed by atoms with E-state index in [2.05, 4.69) is 9.68 Å². The lowest BCUT2D eigenvalue weighted by atomic mass is 10.0. The number of nitrogens with zero attached hydrogens (tertiary/aromatic N) is 2. The van der Waals surface area contributed by atoms with Crippen molar-refractivity contribution in [2.45, 2.75) is 19.3 Å². The maximum atomic E-state index is 9.01. The van der Waals surface area contributed by atoms with Crippen molar-refractivity contribution in [1.82, 2.24) is 5.16 Å². The summed E-state index contributed by atoms with van der Waals surface area (Å²) in [5.41, 5.74) is 0.589. The molecule has 0 spiro atoms. The van der Waals surface area contributed by atoms with E-state index in [9.17, 15) is 0 Å². The van der Waals surface area contributed by atoms with Crippen LogP contribution in [-0.4, -0.2) is 10.3 Å². The molecular formula is C7H8N2O2. The first-order valence-corrected chi connectivity index (χ1v) is 3.26. The number of aromatic nitrogens is 1. The second-order valence-corrected chi connectivity index (χ2v) is 2.35. The summed E-state index contributed by atoms with van der Waals surface area (Å²) in [6.45, 7) is 1.83. The van der Waals surface area contributed by atoms with Gasteiger partial charge in [-0.15, -0.1) is 0 Å². The highest BCUT2D eigenvalue weighted by Gasteiger charge is 2.13. The zero-order valence-corrected chi connectivity index (χ0v) is 6.11. The molecule has 1 aromatic rings. The van der Waals surface area contributed by atoms with Gasteiger partial charge < -0.3 is 9.63 Å². The molecule has 1 heterocycles. The Morgan fingerprint density at radius 3 is 3.09 bits per heavy atom. The van der Waals surface area contributed by atoms with Crippen LogP contribution in [0.25, 0.3) is 0 Å². The molecule has 0 radical (unpaired) electrons. The second-order valence-electron chi connectivity index (χ2n) is 2.35. The van der Waals surface area contributed by atoms with E-state index in [4.69, 9.17) is 10.4 Å². The lowest BCUT2D eigenvalue weighted by Gasteiger charge is -2.00. The molecule has 1 rings (SSSR count). The average Bonchev–Trinajstić information content (AvgIpc) is 2.36. The lowest BCUT2D eigenvalue weighted by molar-refractivity contribution is 0.274. The summed E-state index contributed by atoms with van der Waals surface area (Å²) in [6.07, 6.45) is 1.78. The van der Waals surface area contributed by atoms with E-state index in [1.807, 2.05) is 13.0 Å². The number of aromatic hydroxyl groups is 1. The van der Waals surface area contributed by atoms with Crippen molar-refractivity contribution in [3.8, 4) is 12.0 Å². The number of hydrogen-bond donors (Lipinski definition) is 1. The Hall–Kier alpha value is -1.50. The zero-order chi connectivity index (χ0) is 8.27. The van der Waals surface area contributed by atoms with Gasteiger partial charge in [0.05, 0.1) is 17.8 Å². The van der Waals surface area contributed by atoms with Gasteiger partial charge >= 0.3 is 5.95 Å². The van der Waals surface area contributed by atoms with Gasteiger partial charge in [0.15, 0.2) is 0 Å². The van der Waals surface area contributed by atoms with E-state index in [-0.39, 0.29) is 11.9 Å². The van der Waals surface area contributed by atoms with Crippen LogP contribution < -0.4 is 0 Å². The van der Waals surface area contributed by atoms with E-state index in [0.29, 0.717) is 12.0 Å². The van der Waals surface area contributed by atoms with Gasteiger partial charge in [-0.25, -0.2) is 0 Å². The molecule has 1 aromatic heterocycles. The number of hydrogen-bond acceptors (Lipinski definition) is 4. The minimum absolute atomic E-state index is 0.0220. The van der Waals surface area contributed by atoms with Crippen molar-refractivity contribution < 1.29 is 9.63 Å². The molecule has 0 saturated carbocycles. The van der Waals surface area contributed by atoms with Crippen molar-refractivity contribution in [1.29, 1.82) is 5.26 Å². The van der Waals surface area contributed by atoms with Crippen LogP contribution in [0.2, 0.25) is 0 Å². The molecule has 0 amide bonds. The van der Waals surface area contributed by atoms with Crippen LogP contribution in [0.3, 0.4) is 0 Å². The third-order valence-electron chi connectivity index (χ3n) is 1.51. The monoisotopic (exact) mass is 152 g/mol. The SMILES string of the molecule is CC(CC#N)c1cnoc1O. The molecule has 0 fully saturated rings. The minimum atomic E-state index is -0.187. The summed E-state index contributed by atoms with van der Waals surface area (Å²) in [6, 6.07) is 2.00. The Labute approximate surface area is 64.0 Å². The Kier molecular flexibility index (Phi) is 2.12. The molecule has 11 heavy (non-hydrogen) atoms. The fourth-order valence-corrected chi connectivity index (χ4v) is 0.826. The summed E-state index contributed by atoms with van der Waals surface area (Å²) in [5.74, 6) is -0.209. The minimum Gasteiger partial charge on any atom is -0.479 e. The van der Waals surface area contributed by atoms with Crippen LogP contribution in [0.4, 0.5) is 0 Å². The predicted molar refractivity (Wildman–Crippen MR) is 36.8 cm³/mol. The van der Waals surface area contributed by atoms with Gasteiger partial charge in [0.2, 0.25) is 0 Å². The Bertz CT molecular complexity index is 274. The van der Waals surface area contributed by atoms with Gasteiger partial charge in [0.25, 0.3) is 0 Å². The lowest BCUT2D eigenvalue weighted by Crippen LogP contribution is -1.88. The fraction of sp³-hybridized carbons (Fsp3) is 0.429. The van der Waals surface area contributed by atoms with Crippen molar-refractivity contribution in [2.24, 2.45) is 0 Å². The van der Waals surface area contributed by atoms with Crippen molar-refractivity contribution in [3.63, 3.8) is 0 Å².